The van der Waals surface area contributed by atoms with Crippen molar-refractivity contribution in [2.45, 2.75) is 24.3 Å². The highest BCUT2D eigenvalue weighted by Crippen LogP contribution is 2.31. The third-order valence-electron chi connectivity index (χ3n) is 3.80. The number of anilines is 1. The Morgan fingerprint density at radius 2 is 2.12 bits per heavy atom. The van der Waals surface area contributed by atoms with Crippen molar-refractivity contribution in [1.29, 1.82) is 0 Å². The second-order valence-corrected chi connectivity index (χ2v) is 7.18. The van der Waals surface area contributed by atoms with Gasteiger partial charge in [-0.05, 0) is 42.8 Å². The van der Waals surface area contributed by atoms with Crippen LogP contribution in [0.5, 0.6) is 0 Å². The van der Waals surface area contributed by atoms with Crippen molar-refractivity contribution in [2.75, 3.05) is 11.1 Å². The minimum Gasteiger partial charge on any atom is -0.346 e. The molecule has 2 N–H and O–H groups in total. The normalized spacial score (nSPS) is 15.0. The van der Waals surface area contributed by atoms with E-state index >= 15 is 0 Å². The van der Waals surface area contributed by atoms with Crippen LogP contribution in [-0.2, 0) is 4.79 Å². The first-order valence-corrected chi connectivity index (χ1v) is 9.02. The maximum Gasteiger partial charge on any atom is 0.251 e. The topological polar surface area (TPSA) is 58.2 Å². The van der Waals surface area contributed by atoms with E-state index in [9.17, 15) is 9.59 Å². The van der Waals surface area contributed by atoms with Crippen molar-refractivity contribution in [3.63, 3.8) is 0 Å². The van der Waals surface area contributed by atoms with Crippen LogP contribution in [0.3, 0.4) is 0 Å². The lowest BCUT2D eigenvalue weighted by molar-refractivity contribution is -0.115. The SMILES string of the molecule is CC(NC(=O)c1ccc2c(c1)NC(=O)CCS2)c1cccc(Cl)c1. The first kappa shape index (κ1) is 16.9. The average Bonchev–Trinajstić information content (AvgIpc) is 2.74. The van der Waals surface area contributed by atoms with Crippen LogP contribution in [0.25, 0.3) is 0 Å². The summed E-state index contributed by atoms with van der Waals surface area (Å²) in [7, 11) is 0. The Morgan fingerprint density at radius 1 is 1.29 bits per heavy atom. The van der Waals surface area contributed by atoms with Crippen molar-refractivity contribution in [1.82, 2.24) is 5.32 Å². The van der Waals surface area contributed by atoms with Gasteiger partial charge in [-0.1, -0.05) is 23.7 Å². The summed E-state index contributed by atoms with van der Waals surface area (Å²) in [4.78, 5) is 25.2. The van der Waals surface area contributed by atoms with Gasteiger partial charge in [-0.15, -0.1) is 11.8 Å². The molecule has 1 aliphatic rings. The minimum atomic E-state index is -0.186. The van der Waals surface area contributed by atoms with Crippen LogP contribution in [0.15, 0.2) is 47.4 Å². The Labute approximate surface area is 150 Å². The number of thioether (sulfide) groups is 1. The number of benzene rings is 2. The van der Waals surface area contributed by atoms with Crippen molar-refractivity contribution in [2.24, 2.45) is 0 Å². The lowest BCUT2D eigenvalue weighted by Crippen LogP contribution is -2.26. The molecule has 0 radical (unpaired) electrons. The predicted molar refractivity (Wildman–Crippen MR) is 97.7 cm³/mol. The quantitative estimate of drug-likeness (QED) is 0.859. The van der Waals surface area contributed by atoms with Crippen LogP contribution >= 0.6 is 23.4 Å². The van der Waals surface area contributed by atoms with Crippen LogP contribution in [0.1, 0.15) is 35.3 Å². The molecule has 4 nitrogen and oxygen atoms in total. The van der Waals surface area contributed by atoms with Gasteiger partial charge in [-0.25, -0.2) is 0 Å². The maximum absolute atomic E-state index is 12.5. The Kier molecular flexibility index (Phi) is 5.11. The number of rotatable bonds is 3. The molecule has 1 atom stereocenters. The number of amides is 2. The molecule has 0 spiro atoms. The number of carbonyl (C=O) groups excluding carboxylic acids is 2. The summed E-state index contributed by atoms with van der Waals surface area (Å²) < 4.78 is 0. The molecule has 6 heteroatoms. The van der Waals surface area contributed by atoms with E-state index in [0.717, 1.165) is 16.2 Å². The Morgan fingerprint density at radius 3 is 2.92 bits per heavy atom. The Balaban J connectivity index is 1.77. The van der Waals surface area contributed by atoms with Gasteiger partial charge in [0.15, 0.2) is 0 Å². The highest BCUT2D eigenvalue weighted by molar-refractivity contribution is 7.99. The summed E-state index contributed by atoms with van der Waals surface area (Å²) in [5, 5.41) is 6.45. The second-order valence-electron chi connectivity index (χ2n) is 5.61. The molecular formula is C18H17ClN2O2S. The van der Waals surface area contributed by atoms with E-state index in [1.807, 2.05) is 31.2 Å². The van der Waals surface area contributed by atoms with E-state index in [2.05, 4.69) is 10.6 Å². The number of hydrogen-bond acceptors (Lipinski definition) is 3. The lowest BCUT2D eigenvalue weighted by atomic mass is 10.1. The van der Waals surface area contributed by atoms with E-state index in [1.54, 1.807) is 30.0 Å². The molecule has 0 aliphatic carbocycles. The molecule has 0 saturated carbocycles. The number of hydrogen-bond donors (Lipinski definition) is 2. The molecule has 0 bridgehead atoms. The van der Waals surface area contributed by atoms with Gasteiger partial charge in [0, 0.05) is 27.7 Å². The fraction of sp³-hybridized carbons (Fsp3) is 0.222. The fourth-order valence-electron chi connectivity index (χ4n) is 2.50. The second kappa shape index (κ2) is 7.28. The zero-order valence-electron chi connectivity index (χ0n) is 13.1. The predicted octanol–water partition coefficient (Wildman–Crippen LogP) is 4.27. The van der Waals surface area contributed by atoms with E-state index in [1.165, 1.54) is 0 Å². The fourth-order valence-corrected chi connectivity index (χ4v) is 3.64. The van der Waals surface area contributed by atoms with Gasteiger partial charge in [0.2, 0.25) is 5.91 Å². The molecular weight excluding hydrogens is 344 g/mol. The molecule has 2 amide bonds. The Bertz CT molecular complexity index is 794. The molecule has 0 fully saturated rings. The molecule has 124 valence electrons. The lowest BCUT2D eigenvalue weighted by Gasteiger charge is -2.15. The summed E-state index contributed by atoms with van der Waals surface area (Å²) in [5.74, 6) is 0.538. The van der Waals surface area contributed by atoms with Crippen molar-refractivity contribution < 1.29 is 9.59 Å². The first-order chi connectivity index (χ1) is 11.5. The third-order valence-corrected chi connectivity index (χ3v) is 5.11. The molecule has 2 aromatic carbocycles. The number of fused-ring (bicyclic) bond motifs is 1. The largest absolute Gasteiger partial charge is 0.346 e. The molecule has 1 aliphatic heterocycles. The number of nitrogens with one attached hydrogen (secondary N) is 2. The summed E-state index contributed by atoms with van der Waals surface area (Å²) >= 11 is 7.61. The molecule has 0 aromatic heterocycles. The molecule has 0 saturated heterocycles. The van der Waals surface area contributed by atoms with E-state index in [-0.39, 0.29) is 17.9 Å². The minimum absolute atomic E-state index is 0.0221. The molecule has 24 heavy (non-hydrogen) atoms. The van der Waals surface area contributed by atoms with Crippen molar-refractivity contribution in [3.8, 4) is 0 Å². The zero-order chi connectivity index (χ0) is 17.1. The van der Waals surface area contributed by atoms with Gasteiger partial charge in [0.25, 0.3) is 5.91 Å². The van der Waals surface area contributed by atoms with Crippen LogP contribution in [-0.4, -0.2) is 17.6 Å². The molecule has 3 rings (SSSR count). The van der Waals surface area contributed by atoms with Crippen LogP contribution < -0.4 is 10.6 Å². The summed E-state index contributed by atoms with van der Waals surface area (Å²) in [5.41, 5.74) is 2.16. The van der Waals surface area contributed by atoms with Gasteiger partial charge in [-0.2, -0.15) is 0 Å². The average molecular weight is 361 g/mol. The summed E-state index contributed by atoms with van der Waals surface area (Å²) in [6.45, 7) is 1.91. The number of halogens is 1. The van der Waals surface area contributed by atoms with Crippen molar-refractivity contribution >= 4 is 40.9 Å². The van der Waals surface area contributed by atoms with Gasteiger partial charge >= 0.3 is 0 Å². The van der Waals surface area contributed by atoms with Crippen LogP contribution in [0.2, 0.25) is 5.02 Å². The summed E-state index contributed by atoms with van der Waals surface area (Å²) in [6, 6.07) is 12.6. The first-order valence-electron chi connectivity index (χ1n) is 7.66. The zero-order valence-corrected chi connectivity index (χ0v) is 14.7. The molecule has 2 aromatic rings. The van der Waals surface area contributed by atoms with Gasteiger partial charge in [0.05, 0.1) is 11.7 Å². The number of carbonyl (C=O) groups is 2. The van der Waals surface area contributed by atoms with Gasteiger partial charge in [-0.3, -0.25) is 9.59 Å². The maximum atomic E-state index is 12.5. The standard InChI is InChI=1S/C18H17ClN2O2S/c1-11(12-3-2-4-14(19)9-12)20-18(23)13-5-6-16-15(10-13)21-17(22)7-8-24-16/h2-6,9-11H,7-8H2,1H3,(H,20,23)(H,21,22). The Hall–Kier alpha value is -1.98. The van der Waals surface area contributed by atoms with Gasteiger partial charge < -0.3 is 10.6 Å². The van der Waals surface area contributed by atoms with Crippen LogP contribution in [0.4, 0.5) is 5.69 Å². The summed E-state index contributed by atoms with van der Waals surface area (Å²) in [6.07, 6.45) is 0.479. The highest BCUT2D eigenvalue weighted by atomic mass is 35.5. The van der Waals surface area contributed by atoms with Crippen LogP contribution in [0, 0.1) is 0 Å². The monoisotopic (exact) mass is 360 g/mol. The van der Waals surface area contributed by atoms with Crippen molar-refractivity contribution in [3.05, 3.63) is 58.6 Å². The van der Waals surface area contributed by atoms with E-state index in [4.69, 9.17) is 11.6 Å². The highest BCUT2D eigenvalue weighted by Gasteiger charge is 2.17. The third kappa shape index (κ3) is 3.91. The van der Waals surface area contributed by atoms with Gasteiger partial charge in [0.1, 0.15) is 0 Å². The molecule has 1 unspecified atom stereocenters. The smallest absolute Gasteiger partial charge is 0.251 e. The van der Waals surface area contributed by atoms with E-state index < -0.39 is 0 Å². The molecule has 1 heterocycles. The van der Waals surface area contributed by atoms with E-state index in [0.29, 0.717) is 22.7 Å².